The summed E-state index contributed by atoms with van der Waals surface area (Å²) in [4.78, 5) is 22.9. The molecule has 3 rings (SSSR count). The molecule has 1 fully saturated rings. The van der Waals surface area contributed by atoms with Crippen LogP contribution in [0.5, 0.6) is 0 Å². The first kappa shape index (κ1) is 20.4. The molecule has 9 N–H and O–H groups in total. The van der Waals surface area contributed by atoms with Crippen LogP contribution in [0.3, 0.4) is 0 Å². The first-order chi connectivity index (χ1) is 13.3. The highest BCUT2D eigenvalue weighted by Crippen LogP contribution is 2.33. The average molecular weight is 395 g/mol. The Bertz CT molecular complexity index is 831. The van der Waals surface area contributed by atoms with Crippen LogP contribution in [0.4, 0.5) is 5.82 Å². The number of ether oxygens (including phenoxy) is 1. The molecule has 1 unspecified atom stereocenters. The van der Waals surface area contributed by atoms with Crippen molar-refractivity contribution in [2.24, 2.45) is 11.5 Å². The van der Waals surface area contributed by atoms with Gasteiger partial charge in [0.15, 0.2) is 17.7 Å². The molecule has 0 amide bonds. The lowest BCUT2D eigenvalue weighted by atomic mass is 9.99. The Morgan fingerprint density at radius 3 is 2.64 bits per heavy atom. The van der Waals surface area contributed by atoms with Crippen LogP contribution in [0.25, 0.3) is 11.2 Å². The van der Waals surface area contributed by atoms with E-state index in [1.54, 1.807) is 0 Å². The lowest BCUT2D eigenvalue weighted by Crippen LogP contribution is -2.34. The number of nitrogens with zero attached hydrogens (tertiary/aromatic N) is 4. The Hall–Kier alpha value is -2.38. The fraction of sp³-hybridized carbons (Fsp3) is 0.625. The molecular formula is C16H25N7O5. The number of fused-ring (bicyclic) bond motifs is 1. The van der Waals surface area contributed by atoms with Gasteiger partial charge in [0.05, 0.1) is 12.4 Å². The van der Waals surface area contributed by atoms with Crippen molar-refractivity contribution in [1.82, 2.24) is 19.5 Å². The summed E-state index contributed by atoms with van der Waals surface area (Å²) in [6, 6.07) is -1.24. The topological polar surface area (TPSA) is 209 Å². The Labute approximate surface area is 160 Å². The second kappa shape index (κ2) is 8.32. The van der Waals surface area contributed by atoms with E-state index in [1.807, 2.05) is 0 Å². The molecule has 0 saturated carbocycles. The third-order valence-electron chi connectivity index (χ3n) is 4.99. The van der Waals surface area contributed by atoms with Gasteiger partial charge in [-0.3, -0.25) is 9.36 Å². The van der Waals surface area contributed by atoms with Crippen LogP contribution in [-0.4, -0.2) is 71.2 Å². The monoisotopic (exact) mass is 395 g/mol. The van der Waals surface area contributed by atoms with Crippen molar-refractivity contribution < 1.29 is 24.9 Å². The van der Waals surface area contributed by atoms with E-state index < -0.39 is 36.6 Å². The molecule has 0 aliphatic carbocycles. The molecular weight excluding hydrogens is 370 g/mol. The maximum absolute atomic E-state index is 10.7. The molecule has 154 valence electrons. The van der Waals surface area contributed by atoms with Crippen LogP contribution < -0.4 is 17.2 Å². The number of rotatable bonds is 8. The molecule has 12 heteroatoms. The van der Waals surface area contributed by atoms with E-state index in [1.165, 1.54) is 17.2 Å². The summed E-state index contributed by atoms with van der Waals surface area (Å²) in [5, 5.41) is 29.6. The van der Waals surface area contributed by atoms with Gasteiger partial charge in [0.2, 0.25) is 0 Å². The number of aromatic nitrogens is 4. The van der Waals surface area contributed by atoms with E-state index in [4.69, 9.17) is 27.0 Å². The predicted octanol–water partition coefficient (Wildman–Crippen LogP) is -1.67. The summed E-state index contributed by atoms with van der Waals surface area (Å²) in [5.74, 6) is -0.858. The maximum atomic E-state index is 10.7. The van der Waals surface area contributed by atoms with E-state index in [-0.39, 0.29) is 18.3 Å². The van der Waals surface area contributed by atoms with Crippen molar-refractivity contribution in [2.45, 2.75) is 62.3 Å². The van der Waals surface area contributed by atoms with Gasteiger partial charge in [0, 0.05) is 6.04 Å². The molecule has 2 aromatic heterocycles. The summed E-state index contributed by atoms with van der Waals surface area (Å²) in [5.41, 5.74) is 18.0. The molecule has 1 aliphatic heterocycles. The van der Waals surface area contributed by atoms with Gasteiger partial charge in [0.25, 0.3) is 0 Å². The number of nitrogen functional groups attached to an aromatic ring is 1. The highest BCUT2D eigenvalue weighted by atomic mass is 16.6. The minimum atomic E-state index is -1.18. The van der Waals surface area contributed by atoms with Crippen molar-refractivity contribution in [3.63, 3.8) is 0 Å². The Morgan fingerprint density at radius 1 is 1.18 bits per heavy atom. The zero-order valence-electron chi connectivity index (χ0n) is 15.1. The zero-order chi connectivity index (χ0) is 20.4. The van der Waals surface area contributed by atoms with Gasteiger partial charge in [-0.25, -0.2) is 15.0 Å². The molecule has 28 heavy (non-hydrogen) atoms. The number of hydrogen-bond acceptors (Lipinski definition) is 10. The van der Waals surface area contributed by atoms with Gasteiger partial charge in [-0.1, -0.05) is 0 Å². The molecule has 12 nitrogen and oxygen atoms in total. The van der Waals surface area contributed by atoms with Crippen LogP contribution in [-0.2, 0) is 9.53 Å². The lowest BCUT2D eigenvalue weighted by Gasteiger charge is -2.18. The van der Waals surface area contributed by atoms with Gasteiger partial charge in [-0.15, -0.1) is 0 Å². The first-order valence-electron chi connectivity index (χ1n) is 8.98. The van der Waals surface area contributed by atoms with Crippen molar-refractivity contribution in [2.75, 3.05) is 5.73 Å². The SMILES string of the molecule is Nc1ncnc2c1ncn2[C@@H]1O[C@H](CCC(N)CC[C@H](N)C(=O)O)[C@@H](O)[C@H]1O. The summed E-state index contributed by atoms with van der Waals surface area (Å²) < 4.78 is 7.35. The van der Waals surface area contributed by atoms with Gasteiger partial charge < -0.3 is 37.3 Å². The Balaban J connectivity index is 1.61. The molecule has 0 bridgehead atoms. The van der Waals surface area contributed by atoms with Gasteiger partial charge in [-0.05, 0) is 25.7 Å². The van der Waals surface area contributed by atoms with Crippen LogP contribution in [0.15, 0.2) is 12.7 Å². The molecule has 0 spiro atoms. The first-order valence-corrected chi connectivity index (χ1v) is 8.98. The minimum Gasteiger partial charge on any atom is -0.480 e. The number of imidazole rings is 1. The average Bonchev–Trinajstić information content (AvgIpc) is 3.21. The van der Waals surface area contributed by atoms with Gasteiger partial charge >= 0.3 is 5.97 Å². The minimum absolute atomic E-state index is 0.207. The summed E-state index contributed by atoms with van der Waals surface area (Å²) in [7, 11) is 0. The van der Waals surface area contributed by atoms with Crippen LogP contribution in [0.2, 0.25) is 0 Å². The highest BCUT2D eigenvalue weighted by molar-refractivity contribution is 5.81. The molecule has 1 aliphatic rings. The summed E-state index contributed by atoms with van der Waals surface area (Å²) in [6.45, 7) is 0. The number of carboxylic acid groups (broad SMARTS) is 1. The molecule has 0 aromatic carbocycles. The van der Waals surface area contributed by atoms with Crippen molar-refractivity contribution >= 4 is 23.0 Å². The number of aliphatic hydroxyl groups excluding tert-OH is 2. The smallest absolute Gasteiger partial charge is 0.320 e. The second-order valence-corrected chi connectivity index (χ2v) is 6.99. The van der Waals surface area contributed by atoms with Crippen molar-refractivity contribution in [1.29, 1.82) is 0 Å². The number of aliphatic hydroxyl groups is 2. The molecule has 3 heterocycles. The zero-order valence-corrected chi connectivity index (χ0v) is 15.1. The standard InChI is InChI=1S/C16H25N7O5/c17-7(1-3-8(18)16(26)27)2-4-9-11(24)12(25)15(28-9)23-6-22-10-13(19)20-5-21-14(10)23/h5-9,11-12,15,24-25H,1-4,17-18H2,(H,26,27)(H2,19,20,21)/t7?,8-,9+,11+,12+,15+/m0/s1. The van der Waals surface area contributed by atoms with E-state index in [0.717, 1.165) is 0 Å². The summed E-state index contributed by atoms with van der Waals surface area (Å²) >= 11 is 0. The van der Waals surface area contributed by atoms with Crippen LogP contribution >= 0.6 is 0 Å². The molecule has 0 radical (unpaired) electrons. The molecule has 6 atom stereocenters. The number of nitrogens with two attached hydrogens (primary N) is 3. The number of carboxylic acids is 1. The van der Waals surface area contributed by atoms with E-state index >= 15 is 0 Å². The third kappa shape index (κ3) is 4.05. The molecule has 1 saturated heterocycles. The van der Waals surface area contributed by atoms with Crippen molar-refractivity contribution in [3.05, 3.63) is 12.7 Å². The normalized spacial score (nSPS) is 27.1. The number of aliphatic carboxylic acids is 1. The fourth-order valence-electron chi connectivity index (χ4n) is 3.29. The largest absolute Gasteiger partial charge is 0.480 e. The Morgan fingerprint density at radius 2 is 1.93 bits per heavy atom. The van der Waals surface area contributed by atoms with Gasteiger partial charge in [-0.2, -0.15) is 0 Å². The third-order valence-corrected chi connectivity index (χ3v) is 4.99. The number of anilines is 1. The second-order valence-electron chi connectivity index (χ2n) is 6.99. The predicted molar refractivity (Wildman–Crippen MR) is 97.7 cm³/mol. The Kier molecular flexibility index (Phi) is 6.05. The van der Waals surface area contributed by atoms with Crippen LogP contribution in [0.1, 0.15) is 31.9 Å². The van der Waals surface area contributed by atoms with Gasteiger partial charge in [0.1, 0.15) is 30.1 Å². The van der Waals surface area contributed by atoms with E-state index in [0.29, 0.717) is 30.4 Å². The van der Waals surface area contributed by atoms with Crippen LogP contribution in [0, 0.1) is 0 Å². The maximum Gasteiger partial charge on any atom is 0.320 e. The van der Waals surface area contributed by atoms with E-state index in [2.05, 4.69) is 15.0 Å². The highest BCUT2D eigenvalue weighted by Gasteiger charge is 2.44. The number of carbonyl (C=O) groups is 1. The van der Waals surface area contributed by atoms with Crippen molar-refractivity contribution in [3.8, 4) is 0 Å². The number of hydrogen-bond donors (Lipinski definition) is 6. The fourth-order valence-corrected chi connectivity index (χ4v) is 3.29. The molecule has 2 aromatic rings. The summed E-state index contributed by atoms with van der Waals surface area (Å²) in [6.07, 6.45) is 0.457. The quantitative estimate of drug-likeness (QED) is 0.297. The lowest BCUT2D eigenvalue weighted by molar-refractivity contribution is -0.138. The van der Waals surface area contributed by atoms with E-state index in [9.17, 15) is 15.0 Å².